The van der Waals surface area contributed by atoms with Gasteiger partial charge in [0.05, 0.1) is 5.52 Å². The average Bonchev–Trinajstić information content (AvgIpc) is 2.42. The van der Waals surface area contributed by atoms with Crippen molar-refractivity contribution in [2.45, 2.75) is 31.6 Å². The van der Waals surface area contributed by atoms with Crippen LogP contribution in [0.3, 0.4) is 0 Å². The molecule has 0 spiro atoms. The van der Waals surface area contributed by atoms with E-state index < -0.39 is 0 Å². The van der Waals surface area contributed by atoms with E-state index in [1.165, 1.54) is 29.7 Å². The van der Waals surface area contributed by atoms with Gasteiger partial charge in [-0.3, -0.25) is 4.79 Å². The number of benzene rings is 1. The Morgan fingerprint density at radius 3 is 2.57 bits per heavy atom. The number of hydrogen-bond acceptors (Lipinski definition) is 4. The van der Waals surface area contributed by atoms with Crippen LogP contribution in [-0.4, -0.2) is 34.9 Å². The van der Waals surface area contributed by atoms with Crippen LogP contribution in [-0.2, 0) is 5.41 Å². The van der Waals surface area contributed by atoms with Gasteiger partial charge in [-0.1, -0.05) is 19.4 Å². The predicted molar refractivity (Wildman–Crippen MR) is 83.2 cm³/mol. The number of carbonyl (C=O) groups is 1. The lowest BCUT2D eigenvalue weighted by Gasteiger charge is -2.39. The van der Waals surface area contributed by atoms with E-state index in [2.05, 4.69) is 29.0 Å². The second-order valence-corrected chi connectivity index (χ2v) is 6.28. The summed E-state index contributed by atoms with van der Waals surface area (Å²) in [6.07, 6.45) is 3.63. The summed E-state index contributed by atoms with van der Waals surface area (Å²) in [5.74, 6) is -0.0136. The summed E-state index contributed by atoms with van der Waals surface area (Å²) < 4.78 is 0. The number of nitrogens with two attached hydrogens (primary N) is 1. The molecule has 0 aliphatic heterocycles. The van der Waals surface area contributed by atoms with Gasteiger partial charge in [0, 0.05) is 19.5 Å². The number of rotatable bonds is 2. The van der Waals surface area contributed by atoms with Crippen molar-refractivity contribution in [1.29, 1.82) is 0 Å². The minimum atomic E-state index is -0.148. The molecule has 2 N–H and O–H groups in total. The van der Waals surface area contributed by atoms with E-state index in [4.69, 9.17) is 5.73 Å². The summed E-state index contributed by atoms with van der Waals surface area (Å²) in [6, 6.07) is 6.10. The minimum Gasteiger partial charge on any atom is -0.368 e. The number of aromatic nitrogens is 2. The van der Waals surface area contributed by atoms with Gasteiger partial charge in [-0.2, -0.15) is 0 Å². The van der Waals surface area contributed by atoms with E-state index in [0.717, 1.165) is 10.9 Å². The van der Waals surface area contributed by atoms with Gasteiger partial charge in [0.1, 0.15) is 5.69 Å². The van der Waals surface area contributed by atoms with E-state index in [-0.39, 0.29) is 17.3 Å². The SMILES string of the molecule is CN(C)C(=O)c1nc(N)nc2ccc(C3(C)CCC3)cc12. The summed E-state index contributed by atoms with van der Waals surface area (Å²) in [5, 5.41) is 0.786. The molecular weight excluding hydrogens is 264 g/mol. The van der Waals surface area contributed by atoms with Gasteiger partial charge >= 0.3 is 0 Å². The van der Waals surface area contributed by atoms with Crippen LogP contribution in [0.4, 0.5) is 5.95 Å². The molecule has 0 radical (unpaired) electrons. The molecule has 1 aromatic heterocycles. The molecular formula is C16H20N4O. The molecule has 2 aromatic rings. The van der Waals surface area contributed by atoms with E-state index in [9.17, 15) is 4.79 Å². The van der Waals surface area contributed by atoms with Gasteiger partial charge < -0.3 is 10.6 Å². The fraction of sp³-hybridized carbons (Fsp3) is 0.438. The molecule has 0 unspecified atom stereocenters. The first kappa shape index (κ1) is 13.8. The van der Waals surface area contributed by atoms with Crippen molar-refractivity contribution in [3.63, 3.8) is 0 Å². The molecule has 5 heteroatoms. The highest BCUT2D eigenvalue weighted by Crippen LogP contribution is 2.43. The molecule has 0 saturated heterocycles. The molecule has 1 aliphatic carbocycles. The molecule has 1 aliphatic rings. The summed E-state index contributed by atoms with van der Waals surface area (Å²) in [6.45, 7) is 2.27. The smallest absolute Gasteiger partial charge is 0.272 e. The Kier molecular flexibility index (Phi) is 3.08. The zero-order valence-electron chi connectivity index (χ0n) is 12.7. The van der Waals surface area contributed by atoms with Crippen molar-refractivity contribution in [2.75, 3.05) is 19.8 Å². The summed E-state index contributed by atoms with van der Waals surface area (Å²) in [7, 11) is 3.42. The average molecular weight is 284 g/mol. The van der Waals surface area contributed by atoms with Crippen LogP contribution in [0.5, 0.6) is 0 Å². The van der Waals surface area contributed by atoms with Crippen LogP contribution in [0.2, 0.25) is 0 Å². The number of fused-ring (bicyclic) bond motifs is 1. The van der Waals surface area contributed by atoms with Gasteiger partial charge in [0.15, 0.2) is 0 Å². The zero-order valence-corrected chi connectivity index (χ0v) is 12.7. The molecule has 5 nitrogen and oxygen atoms in total. The first-order valence-electron chi connectivity index (χ1n) is 7.20. The highest BCUT2D eigenvalue weighted by Gasteiger charge is 2.34. The van der Waals surface area contributed by atoms with Gasteiger partial charge in [-0.25, -0.2) is 9.97 Å². The Labute approximate surface area is 124 Å². The van der Waals surface area contributed by atoms with E-state index in [0.29, 0.717) is 5.69 Å². The Hall–Kier alpha value is -2.17. The number of amides is 1. The summed E-state index contributed by atoms with van der Waals surface area (Å²) in [4.78, 5) is 22.3. The number of hydrogen-bond donors (Lipinski definition) is 1. The number of nitrogen functional groups attached to an aromatic ring is 1. The molecule has 110 valence electrons. The number of carbonyl (C=O) groups excluding carboxylic acids is 1. The third-order valence-corrected chi connectivity index (χ3v) is 4.48. The summed E-state index contributed by atoms with van der Waals surface area (Å²) >= 11 is 0. The van der Waals surface area contributed by atoms with Crippen molar-refractivity contribution >= 4 is 22.8 Å². The monoisotopic (exact) mass is 284 g/mol. The van der Waals surface area contributed by atoms with Crippen molar-refractivity contribution in [1.82, 2.24) is 14.9 Å². The molecule has 0 atom stereocenters. The fourth-order valence-electron chi connectivity index (χ4n) is 2.89. The normalized spacial score (nSPS) is 16.5. The van der Waals surface area contributed by atoms with E-state index >= 15 is 0 Å². The molecule has 1 heterocycles. The molecule has 1 aromatic carbocycles. The van der Waals surface area contributed by atoms with E-state index in [1.807, 2.05) is 6.07 Å². The molecule has 21 heavy (non-hydrogen) atoms. The molecule has 0 bridgehead atoms. The lowest BCUT2D eigenvalue weighted by molar-refractivity contribution is 0.0824. The van der Waals surface area contributed by atoms with Crippen LogP contribution in [0.25, 0.3) is 10.9 Å². The third-order valence-electron chi connectivity index (χ3n) is 4.48. The Balaban J connectivity index is 2.20. The number of nitrogens with zero attached hydrogens (tertiary/aromatic N) is 3. The maximum absolute atomic E-state index is 12.3. The van der Waals surface area contributed by atoms with Crippen LogP contribution < -0.4 is 5.73 Å². The Morgan fingerprint density at radius 1 is 1.29 bits per heavy atom. The largest absolute Gasteiger partial charge is 0.368 e. The summed E-state index contributed by atoms with van der Waals surface area (Å²) in [5.41, 5.74) is 8.30. The highest BCUT2D eigenvalue weighted by atomic mass is 16.2. The minimum absolute atomic E-state index is 0.135. The second kappa shape index (κ2) is 4.69. The standard InChI is InChI=1S/C16H20N4O/c1-16(7-4-8-16)10-5-6-12-11(9-10)13(14(21)20(2)3)19-15(17)18-12/h5-6,9H,4,7-8H2,1-3H3,(H2,17,18,19). The third kappa shape index (κ3) is 2.22. The maximum Gasteiger partial charge on any atom is 0.272 e. The molecule has 3 rings (SSSR count). The van der Waals surface area contributed by atoms with Crippen LogP contribution in [0.1, 0.15) is 42.2 Å². The van der Waals surface area contributed by atoms with Crippen molar-refractivity contribution in [3.8, 4) is 0 Å². The van der Waals surface area contributed by atoms with E-state index in [1.54, 1.807) is 14.1 Å². The fourth-order valence-corrected chi connectivity index (χ4v) is 2.89. The molecule has 1 fully saturated rings. The van der Waals surface area contributed by atoms with Crippen molar-refractivity contribution < 1.29 is 4.79 Å². The van der Waals surface area contributed by atoms with Gasteiger partial charge in [-0.05, 0) is 36.0 Å². The van der Waals surface area contributed by atoms with Crippen LogP contribution in [0.15, 0.2) is 18.2 Å². The quantitative estimate of drug-likeness (QED) is 0.919. The molecule has 1 saturated carbocycles. The number of anilines is 1. The van der Waals surface area contributed by atoms with Crippen LogP contribution >= 0.6 is 0 Å². The first-order valence-corrected chi connectivity index (χ1v) is 7.20. The van der Waals surface area contributed by atoms with Gasteiger partial charge in [0.25, 0.3) is 5.91 Å². The Bertz CT molecular complexity index is 720. The Morgan fingerprint density at radius 2 is 2.00 bits per heavy atom. The van der Waals surface area contributed by atoms with Gasteiger partial charge in [-0.15, -0.1) is 0 Å². The second-order valence-electron chi connectivity index (χ2n) is 6.28. The lowest BCUT2D eigenvalue weighted by atomic mass is 9.66. The van der Waals surface area contributed by atoms with Crippen molar-refractivity contribution in [3.05, 3.63) is 29.5 Å². The highest BCUT2D eigenvalue weighted by molar-refractivity contribution is 6.04. The first-order chi connectivity index (χ1) is 9.90. The zero-order chi connectivity index (χ0) is 15.2. The maximum atomic E-state index is 12.3. The van der Waals surface area contributed by atoms with Crippen molar-refractivity contribution in [2.24, 2.45) is 0 Å². The van der Waals surface area contributed by atoms with Gasteiger partial charge in [0.2, 0.25) is 5.95 Å². The predicted octanol–water partition coefficient (Wildman–Crippen LogP) is 2.36. The van der Waals surface area contributed by atoms with Crippen LogP contribution in [0, 0.1) is 0 Å². The lowest BCUT2D eigenvalue weighted by Crippen LogP contribution is -2.30. The molecule has 1 amide bonds. The topological polar surface area (TPSA) is 72.1 Å².